The van der Waals surface area contributed by atoms with Crippen LogP contribution in [0.1, 0.15) is 112 Å². The topological polar surface area (TPSA) is 32.6 Å². The zero-order chi connectivity index (χ0) is 23.0. The largest absolute Gasteiger partial charge is 0.411 e. The Labute approximate surface area is 189 Å². The number of halogens is 2. The molecule has 4 heteroatoms. The highest BCUT2D eigenvalue weighted by atomic mass is 19.3. The van der Waals surface area contributed by atoms with Gasteiger partial charge in [0.15, 0.2) is 0 Å². The van der Waals surface area contributed by atoms with Crippen LogP contribution < -0.4 is 0 Å². The van der Waals surface area contributed by atoms with Crippen LogP contribution in [0.25, 0.3) is 0 Å². The van der Waals surface area contributed by atoms with Crippen LogP contribution in [0, 0.1) is 46.3 Å². The Kier molecular flexibility index (Phi) is 7.48. The molecule has 0 aromatic rings. The maximum Gasteiger partial charge on any atom is 0.245 e. The standard InChI is InChI=1S/C27H47F2NO/c1-18(2)8-7-9-19(3)21-11-12-22-20-10-13-24(30-31)26(5,16-17-27(6,28)29)23(20)14-15-25(21,22)4/h18-23,31H,7-17H2,1-6H3/b30-24+/t19-,20+,21-,22+,23+,25-,26-/m1/s1. The van der Waals surface area contributed by atoms with Crippen LogP contribution in [0.3, 0.4) is 0 Å². The van der Waals surface area contributed by atoms with Gasteiger partial charge in [0.2, 0.25) is 5.92 Å². The molecule has 0 spiro atoms. The molecule has 3 aliphatic rings. The van der Waals surface area contributed by atoms with Gasteiger partial charge in [-0.3, -0.25) is 0 Å². The summed E-state index contributed by atoms with van der Waals surface area (Å²) in [6.07, 6.45) is 11.1. The third kappa shape index (κ3) is 4.98. The molecule has 31 heavy (non-hydrogen) atoms. The van der Waals surface area contributed by atoms with Crippen molar-refractivity contribution in [3.05, 3.63) is 0 Å². The van der Waals surface area contributed by atoms with Gasteiger partial charge in [0.05, 0.1) is 5.71 Å². The van der Waals surface area contributed by atoms with Crippen LogP contribution in [0.5, 0.6) is 0 Å². The lowest BCUT2D eigenvalue weighted by molar-refractivity contribution is -0.0557. The molecular weight excluding hydrogens is 392 g/mol. The van der Waals surface area contributed by atoms with Gasteiger partial charge in [0.1, 0.15) is 0 Å². The maximum absolute atomic E-state index is 13.8. The molecule has 2 nitrogen and oxygen atoms in total. The van der Waals surface area contributed by atoms with E-state index in [2.05, 4.69) is 39.8 Å². The Hall–Kier alpha value is -0.670. The molecule has 0 amide bonds. The van der Waals surface area contributed by atoms with E-state index in [0.29, 0.717) is 29.6 Å². The molecule has 0 saturated heterocycles. The second-order valence-electron chi connectivity index (χ2n) is 12.5. The minimum absolute atomic E-state index is 0.122. The summed E-state index contributed by atoms with van der Waals surface area (Å²) < 4.78 is 27.5. The number of nitrogens with zero attached hydrogens (tertiary/aromatic N) is 1. The zero-order valence-electron chi connectivity index (χ0n) is 20.9. The van der Waals surface area contributed by atoms with Crippen molar-refractivity contribution in [2.24, 2.45) is 51.5 Å². The minimum Gasteiger partial charge on any atom is -0.411 e. The lowest BCUT2D eigenvalue weighted by Gasteiger charge is -2.57. The van der Waals surface area contributed by atoms with E-state index in [1.165, 1.54) is 38.5 Å². The van der Waals surface area contributed by atoms with Gasteiger partial charge in [0, 0.05) is 11.8 Å². The number of hydrogen-bond donors (Lipinski definition) is 1. The number of hydrogen-bond acceptors (Lipinski definition) is 2. The van der Waals surface area contributed by atoms with Crippen molar-refractivity contribution < 1.29 is 14.0 Å². The van der Waals surface area contributed by atoms with E-state index in [4.69, 9.17) is 0 Å². The summed E-state index contributed by atoms with van der Waals surface area (Å²) >= 11 is 0. The van der Waals surface area contributed by atoms with E-state index in [1.54, 1.807) is 0 Å². The van der Waals surface area contributed by atoms with Gasteiger partial charge in [-0.25, -0.2) is 8.78 Å². The molecular formula is C27H47F2NO. The molecule has 3 fully saturated rings. The highest BCUT2D eigenvalue weighted by molar-refractivity contribution is 5.90. The highest BCUT2D eigenvalue weighted by Crippen LogP contribution is 2.66. The summed E-state index contributed by atoms with van der Waals surface area (Å²) in [5.41, 5.74) is 0.777. The van der Waals surface area contributed by atoms with Gasteiger partial charge < -0.3 is 5.21 Å². The summed E-state index contributed by atoms with van der Waals surface area (Å²) in [6, 6.07) is 0. The fourth-order valence-corrected chi connectivity index (χ4v) is 8.28. The fourth-order valence-electron chi connectivity index (χ4n) is 8.28. The normalized spacial score (nSPS) is 40.7. The van der Waals surface area contributed by atoms with E-state index in [9.17, 15) is 14.0 Å². The molecule has 0 heterocycles. The molecule has 0 radical (unpaired) electrons. The monoisotopic (exact) mass is 439 g/mol. The Morgan fingerprint density at radius 2 is 1.77 bits per heavy atom. The van der Waals surface area contributed by atoms with E-state index < -0.39 is 5.92 Å². The van der Waals surface area contributed by atoms with Crippen LogP contribution in [-0.2, 0) is 0 Å². The zero-order valence-corrected chi connectivity index (χ0v) is 20.9. The predicted molar refractivity (Wildman–Crippen MR) is 125 cm³/mol. The fraction of sp³-hybridized carbons (Fsp3) is 0.963. The van der Waals surface area contributed by atoms with Crippen molar-refractivity contribution in [2.45, 2.75) is 118 Å². The van der Waals surface area contributed by atoms with Crippen molar-refractivity contribution in [2.75, 3.05) is 0 Å². The van der Waals surface area contributed by atoms with Gasteiger partial charge in [-0.05, 0) is 92.8 Å². The molecule has 0 aromatic heterocycles. The van der Waals surface area contributed by atoms with Crippen LogP contribution >= 0.6 is 0 Å². The van der Waals surface area contributed by atoms with Crippen LogP contribution in [0.15, 0.2) is 5.16 Å². The van der Waals surface area contributed by atoms with Gasteiger partial charge in [-0.1, -0.05) is 59.0 Å². The lowest BCUT2D eigenvalue weighted by Crippen LogP contribution is -2.53. The Balaban J connectivity index is 1.76. The number of oxime groups is 1. The van der Waals surface area contributed by atoms with Gasteiger partial charge in [-0.15, -0.1) is 0 Å². The number of rotatable bonds is 8. The lowest BCUT2D eigenvalue weighted by atomic mass is 9.47. The summed E-state index contributed by atoms with van der Waals surface area (Å²) in [7, 11) is 0. The van der Waals surface area contributed by atoms with E-state index in [1.807, 2.05) is 0 Å². The molecule has 0 aromatic carbocycles. The summed E-state index contributed by atoms with van der Waals surface area (Å²) in [5.74, 6) is 1.36. The number of fused-ring (bicyclic) bond motifs is 3. The molecule has 0 bridgehead atoms. The molecule has 1 N–H and O–H groups in total. The van der Waals surface area contributed by atoms with E-state index in [-0.39, 0.29) is 11.8 Å². The molecule has 3 rings (SSSR count). The first kappa shape index (κ1) is 25.0. The maximum atomic E-state index is 13.8. The first-order valence-corrected chi connectivity index (χ1v) is 13.0. The van der Waals surface area contributed by atoms with Crippen LogP contribution in [0.2, 0.25) is 0 Å². The van der Waals surface area contributed by atoms with Crippen LogP contribution in [-0.4, -0.2) is 16.8 Å². The number of alkyl halides is 2. The SMILES string of the molecule is CC(C)CCC[C@@H](C)[C@H]1CC[C@H]2[C@@H]3CC/C(=N\O)[C@](C)(CCC(C)(F)F)[C@H]3CC[C@]12C. The molecule has 180 valence electrons. The van der Waals surface area contributed by atoms with E-state index in [0.717, 1.165) is 49.7 Å². The third-order valence-corrected chi connectivity index (χ3v) is 10.0. The van der Waals surface area contributed by atoms with Crippen LogP contribution in [0.4, 0.5) is 8.78 Å². The first-order valence-electron chi connectivity index (χ1n) is 13.0. The van der Waals surface area contributed by atoms with Crippen molar-refractivity contribution in [3.8, 4) is 0 Å². The quantitative estimate of drug-likeness (QED) is 0.298. The van der Waals surface area contributed by atoms with Crippen molar-refractivity contribution in [3.63, 3.8) is 0 Å². The first-order chi connectivity index (χ1) is 14.4. The summed E-state index contributed by atoms with van der Waals surface area (Å²) in [4.78, 5) is 0. The third-order valence-electron chi connectivity index (χ3n) is 10.0. The molecule has 0 unspecified atom stereocenters. The molecule has 3 aliphatic carbocycles. The van der Waals surface area contributed by atoms with Crippen molar-refractivity contribution >= 4 is 5.71 Å². The van der Waals surface area contributed by atoms with Gasteiger partial charge in [0.25, 0.3) is 0 Å². The molecule has 0 aliphatic heterocycles. The predicted octanol–water partition coefficient (Wildman–Crippen LogP) is 8.57. The minimum atomic E-state index is -2.66. The van der Waals surface area contributed by atoms with Gasteiger partial charge >= 0.3 is 0 Å². The molecule has 3 saturated carbocycles. The smallest absolute Gasteiger partial charge is 0.245 e. The van der Waals surface area contributed by atoms with Crippen molar-refractivity contribution in [1.82, 2.24) is 0 Å². The Bertz CT molecular complexity index is 642. The second-order valence-corrected chi connectivity index (χ2v) is 12.5. The molecule has 7 atom stereocenters. The Morgan fingerprint density at radius 1 is 1.06 bits per heavy atom. The summed E-state index contributed by atoms with van der Waals surface area (Å²) in [5, 5.41) is 13.4. The Morgan fingerprint density at radius 3 is 2.39 bits per heavy atom. The highest BCUT2D eigenvalue weighted by Gasteiger charge is 2.59. The second kappa shape index (κ2) is 9.29. The van der Waals surface area contributed by atoms with Crippen molar-refractivity contribution in [1.29, 1.82) is 0 Å². The average molecular weight is 440 g/mol. The van der Waals surface area contributed by atoms with Gasteiger partial charge in [-0.2, -0.15) is 0 Å². The van der Waals surface area contributed by atoms with E-state index >= 15 is 0 Å². The average Bonchev–Trinajstić information content (AvgIpc) is 3.03. The summed E-state index contributed by atoms with van der Waals surface area (Å²) in [6.45, 7) is 12.8.